The minimum Gasteiger partial charge on any atom is -0.396 e. The van der Waals surface area contributed by atoms with Crippen LogP contribution in [0.3, 0.4) is 0 Å². The van der Waals surface area contributed by atoms with Crippen LogP contribution < -0.4 is 4.90 Å². The molecule has 0 spiro atoms. The summed E-state index contributed by atoms with van der Waals surface area (Å²) in [6.45, 7) is 1.94. The largest absolute Gasteiger partial charge is 0.396 e. The number of rotatable bonds is 9. The molecular weight excluding hydrogens is 288 g/mol. The van der Waals surface area contributed by atoms with Gasteiger partial charge in [-0.3, -0.25) is 4.98 Å². The van der Waals surface area contributed by atoms with Gasteiger partial charge in [-0.25, -0.2) is 0 Å². The van der Waals surface area contributed by atoms with Crippen molar-refractivity contribution in [2.24, 2.45) is 0 Å². The van der Waals surface area contributed by atoms with E-state index in [9.17, 15) is 0 Å². The third-order valence-corrected chi connectivity index (χ3v) is 3.56. The predicted octanol–water partition coefficient (Wildman–Crippen LogP) is 2.82. The highest BCUT2D eigenvalue weighted by molar-refractivity contribution is 5.69. The van der Waals surface area contributed by atoms with Crippen LogP contribution in [0.2, 0.25) is 0 Å². The lowest BCUT2D eigenvalue weighted by Gasteiger charge is -2.24. The van der Waals surface area contributed by atoms with Gasteiger partial charge in [-0.2, -0.15) is 0 Å². The van der Waals surface area contributed by atoms with Crippen LogP contribution in [0.25, 0.3) is 12.2 Å². The summed E-state index contributed by atoms with van der Waals surface area (Å²) in [5.74, 6) is 0. The summed E-state index contributed by atoms with van der Waals surface area (Å²) in [4.78, 5) is 6.46. The molecule has 2 rings (SSSR count). The molecule has 0 bridgehead atoms. The molecule has 23 heavy (non-hydrogen) atoms. The number of pyridine rings is 1. The lowest BCUT2D eigenvalue weighted by Crippen LogP contribution is -2.26. The summed E-state index contributed by atoms with van der Waals surface area (Å²) in [6.07, 6.45) is 7.27. The van der Waals surface area contributed by atoms with Crippen LogP contribution in [-0.4, -0.2) is 41.5 Å². The van der Waals surface area contributed by atoms with Crippen molar-refractivity contribution < 1.29 is 10.2 Å². The van der Waals surface area contributed by atoms with E-state index in [1.165, 1.54) is 0 Å². The van der Waals surface area contributed by atoms with Crippen molar-refractivity contribution in [2.45, 2.75) is 12.8 Å². The summed E-state index contributed by atoms with van der Waals surface area (Å²) >= 11 is 0. The molecule has 0 unspecified atom stereocenters. The van der Waals surface area contributed by atoms with Crippen molar-refractivity contribution in [1.29, 1.82) is 0 Å². The first-order valence-corrected chi connectivity index (χ1v) is 7.99. The summed E-state index contributed by atoms with van der Waals surface area (Å²) < 4.78 is 0. The van der Waals surface area contributed by atoms with Gasteiger partial charge in [0.15, 0.2) is 0 Å². The highest BCUT2D eigenvalue weighted by Crippen LogP contribution is 2.17. The van der Waals surface area contributed by atoms with Gasteiger partial charge >= 0.3 is 0 Å². The normalized spacial score (nSPS) is 11.0. The topological polar surface area (TPSA) is 56.6 Å². The van der Waals surface area contributed by atoms with Gasteiger partial charge in [0.1, 0.15) is 0 Å². The third kappa shape index (κ3) is 5.85. The fraction of sp³-hybridized carbons (Fsp3) is 0.316. The molecule has 1 heterocycles. The lowest BCUT2D eigenvalue weighted by atomic mass is 10.1. The van der Waals surface area contributed by atoms with Crippen LogP contribution >= 0.6 is 0 Å². The smallest absolute Gasteiger partial charge is 0.0629 e. The zero-order valence-corrected chi connectivity index (χ0v) is 13.3. The second-order valence-electron chi connectivity index (χ2n) is 5.32. The summed E-state index contributed by atoms with van der Waals surface area (Å²) in [5, 5.41) is 18.0. The van der Waals surface area contributed by atoms with Gasteiger partial charge in [0.2, 0.25) is 0 Å². The monoisotopic (exact) mass is 312 g/mol. The molecular formula is C19H24N2O2. The van der Waals surface area contributed by atoms with E-state index in [-0.39, 0.29) is 13.2 Å². The Bertz CT molecular complexity index is 574. The van der Waals surface area contributed by atoms with Crippen LogP contribution in [0.1, 0.15) is 24.1 Å². The van der Waals surface area contributed by atoms with Crippen LogP contribution in [0, 0.1) is 0 Å². The van der Waals surface area contributed by atoms with Crippen molar-refractivity contribution in [1.82, 2.24) is 4.98 Å². The van der Waals surface area contributed by atoms with Gasteiger partial charge in [-0.1, -0.05) is 24.3 Å². The van der Waals surface area contributed by atoms with Gasteiger partial charge in [0.25, 0.3) is 0 Å². The first kappa shape index (κ1) is 17.2. The van der Waals surface area contributed by atoms with Gasteiger partial charge in [0, 0.05) is 38.2 Å². The number of anilines is 1. The highest BCUT2D eigenvalue weighted by Gasteiger charge is 2.05. The van der Waals surface area contributed by atoms with Crippen molar-refractivity contribution in [3.63, 3.8) is 0 Å². The molecule has 2 aromatic rings. The molecule has 0 amide bonds. The zero-order valence-electron chi connectivity index (χ0n) is 13.3. The molecule has 0 aliphatic carbocycles. The Morgan fingerprint density at radius 1 is 0.870 bits per heavy atom. The molecule has 1 aromatic heterocycles. The number of aliphatic hydroxyl groups excluding tert-OH is 2. The molecule has 0 aliphatic rings. The summed E-state index contributed by atoms with van der Waals surface area (Å²) in [5.41, 5.74) is 3.16. The molecule has 0 atom stereocenters. The Labute approximate surface area is 137 Å². The first-order valence-electron chi connectivity index (χ1n) is 7.99. The molecule has 1 aromatic carbocycles. The molecule has 0 saturated carbocycles. The fourth-order valence-electron chi connectivity index (χ4n) is 2.35. The van der Waals surface area contributed by atoms with E-state index in [0.29, 0.717) is 0 Å². The van der Waals surface area contributed by atoms with Crippen molar-refractivity contribution in [3.8, 4) is 0 Å². The van der Waals surface area contributed by atoms with Crippen LogP contribution in [-0.2, 0) is 0 Å². The molecule has 0 radical (unpaired) electrons. The zero-order chi connectivity index (χ0) is 16.3. The Morgan fingerprint density at radius 2 is 1.57 bits per heavy atom. The van der Waals surface area contributed by atoms with E-state index in [1.807, 2.05) is 30.4 Å². The number of hydrogen-bond acceptors (Lipinski definition) is 4. The number of aliphatic hydroxyl groups is 2. The van der Waals surface area contributed by atoms with Crippen molar-refractivity contribution in [3.05, 3.63) is 59.9 Å². The van der Waals surface area contributed by atoms with Crippen molar-refractivity contribution in [2.75, 3.05) is 31.2 Å². The quantitative estimate of drug-likeness (QED) is 0.747. The van der Waals surface area contributed by atoms with Crippen LogP contribution in [0.5, 0.6) is 0 Å². The van der Waals surface area contributed by atoms with E-state index in [4.69, 9.17) is 10.2 Å². The Balaban J connectivity index is 2.02. The van der Waals surface area contributed by atoms with E-state index >= 15 is 0 Å². The molecule has 0 saturated heterocycles. The lowest BCUT2D eigenvalue weighted by molar-refractivity contribution is 0.282. The van der Waals surface area contributed by atoms with E-state index in [0.717, 1.165) is 42.9 Å². The minimum atomic E-state index is 0.181. The molecule has 0 aliphatic heterocycles. The Kier molecular flexibility index (Phi) is 7.30. The summed E-state index contributed by atoms with van der Waals surface area (Å²) in [7, 11) is 0. The second kappa shape index (κ2) is 9.77. The molecule has 4 nitrogen and oxygen atoms in total. The third-order valence-electron chi connectivity index (χ3n) is 3.56. The number of benzene rings is 1. The molecule has 2 N–H and O–H groups in total. The van der Waals surface area contributed by atoms with Gasteiger partial charge in [0.05, 0.1) is 5.69 Å². The number of aromatic nitrogens is 1. The fourth-order valence-corrected chi connectivity index (χ4v) is 2.35. The van der Waals surface area contributed by atoms with Gasteiger partial charge in [-0.05, 0) is 48.7 Å². The minimum absolute atomic E-state index is 0.181. The molecule has 4 heteroatoms. The maximum atomic E-state index is 9.02. The predicted molar refractivity (Wildman–Crippen MR) is 95.2 cm³/mol. The van der Waals surface area contributed by atoms with E-state index < -0.39 is 0 Å². The van der Waals surface area contributed by atoms with Crippen LogP contribution in [0.15, 0.2) is 48.7 Å². The number of hydrogen-bond donors (Lipinski definition) is 2. The number of nitrogens with zero attached hydrogens (tertiary/aromatic N) is 2. The van der Waals surface area contributed by atoms with Crippen molar-refractivity contribution >= 4 is 17.8 Å². The van der Waals surface area contributed by atoms with Gasteiger partial charge < -0.3 is 15.1 Å². The van der Waals surface area contributed by atoms with E-state index in [2.05, 4.69) is 34.1 Å². The van der Waals surface area contributed by atoms with Gasteiger partial charge in [-0.15, -0.1) is 0 Å². The van der Waals surface area contributed by atoms with Crippen LogP contribution in [0.4, 0.5) is 5.69 Å². The standard InChI is InChI=1S/C19H24N2O2/c22-15-3-13-21(14-4-16-23)19-10-7-17(8-11-19)6-9-18-5-1-2-12-20-18/h1-2,5-12,22-23H,3-4,13-16H2. The maximum absolute atomic E-state index is 9.02. The second-order valence-corrected chi connectivity index (χ2v) is 5.32. The molecule has 0 fully saturated rings. The highest BCUT2D eigenvalue weighted by atomic mass is 16.3. The van der Waals surface area contributed by atoms with E-state index in [1.54, 1.807) is 6.20 Å². The Hall–Kier alpha value is -2.17. The SMILES string of the molecule is OCCCN(CCCO)c1ccc(C=Cc2ccccn2)cc1. The average Bonchev–Trinajstić information content (AvgIpc) is 2.62. The maximum Gasteiger partial charge on any atom is 0.0629 e. The summed E-state index contributed by atoms with van der Waals surface area (Å²) in [6, 6.07) is 14.1. The molecule has 122 valence electrons. The first-order chi connectivity index (χ1) is 11.3. The average molecular weight is 312 g/mol. The Morgan fingerprint density at radius 3 is 2.13 bits per heavy atom.